The van der Waals surface area contributed by atoms with Gasteiger partial charge in [0.25, 0.3) is 5.19 Å². The van der Waals surface area contributed by atoms with E-state index in [0.29, 0.717) is 11.0 Å². The van der Waals surface area contributed by atoms with Gasteiger partial charge in [-0.15, -0.1) is 12.4 Å². The van der Waals surface area contributed by atoms with E-state index in [4.69, 9.17) is 4.74 Å². The average molecular weight is 418 g/mol. The van der Waals surface area contributed by atoms with Crippen molar-refractivity contribution in [3.63, 3.8) is 0 Å². The van der Waals surface area contributed by atoms with Crippen LogP contribution in [0.1, 0.15) is 29.2 Å². The van der Waals surface area contributed by atoms with E-state index in [1.54, 1.807) is 0 Å². The summed E-state index contributed by atoms with van der Waals surface area (Å²) >= 11 is 1.29. The van der Waals surface area contributed by atoms with Gasteiger partial charge in [-0.1, -0.05) is 42.8 Å². The summed E-state index contributed by atoms with van der Waals surface area (Å²) in [4.78, 5) is 6.87. The van der Waals surface area contributed by atoms with E-state index in [0.717, 1.165) is 36.4 Å². The zero-order valence-corrected chi connectivity index (χ0v) is 18.8. The third-order valence-corrected chi connectivity index (χ3v) is 5.45. The van der Waals surface area contributed by atoms with Crippen molar-refractivity contribution in [3.05, 3.63) is 58.7 Å². The molecule has 3 aromatic rings. The number of hydrogen-bond acceptors (Lipinski definition) is 5. The van der Waals surface area contributed by atoms with Crippen LogP contribution >= 0.6 is 23.9 Å². The molecule has 0 unspecified atom stereocenters. The molecule has 0 aliphatic rings. The number of hydrogen-bond donors (Lipinski definition) is 0. The smallest absolute Gasteiger partial charge is 0.299 e. The van der Waals surface area contributed by atoms with E-state index in [1.807, 2.05) is 12.1 Å². The fourth-order valence-electron chi connectivity index (χ4n) is 2.86. The molecule has 1 heterocycles. The highest BCUT2D eigenvalue weighted by molar-refractivity contribution is 7.07. The van der Waals surface area contributed by atoms with E-state index < -0.39 is 0 Å². The van der Waals surface area contributed by atoms with E-state index in [-0.39, 0.29) is 12.4 Å². The molecule has 0 N–H and O–H groups in total. The Morgan fingerprint density at radius 1 is 1.04 bits per heavy atom. The predicted molar refractivity (Wildman–Crippen MR) is 120 cm³/mol. The minimum absolute atomic E-state index is 0. The van der Waals surface area contributed by atoms with Crippen LogP contribution in [0.3, 0.4) is 0 Å². The molecule has 0 aliphatic heterocycles. The average Bonchev–Trinajstić information content (AvgIpc) is 3.12. The van der Waals surface area contributed by atoms with Crippen LogP contribution in [-0.2, 0) is 6.42 Å². The van der Waals surface area contributed by atoms with Crippen LogP contribution in [0.15, 0.2) is 36.4 Å². The van der Waals surface area contributed by atoms with Crippen LogP contribution < -0.4 is 4.74 Å². The molecule has 0 spiro atoms. The van der Waals surface area contributed by atoms with Crippen molar-refractivity contribution in [1.29, 1.82) is 0 Å². The number of nitrogens with zero attached hydrogens (tertiary/aromatic N) is 3. The molecule has 3 rings (SSSR count). The van der Waals surface area contributed by atoms with Crippen molar-refractivity contribution < 1.29 is 4.74 Å². The van der Waals surface area contributed by atoms with E-state index >= 15 is 0 Å². The Balaban J connectivity index is 0.00000280. The first-order valence-corrected chi connectivity index (χ1v) is 10.1. The molecule has 0 atom stereocenters. The topological polar surface area (TPSA) is 38.2 Å². The predicted octanol–water partition coefficient (Wildman–Crippen LogP) is 5.84. The quantitative estimate of drug-likeness (QED) is 0.484. The van der Waals surface area contributed by atoms with E-state index in [1.165, 1.54) is 28.2 Å². The summed E-state index contributed by atoms with van der Waals surface area (Å²) in [6.45, 7) is 10.6. The fraction of sp³-hybridized carbons (Fsp3) is 0.364. The Morgan fingerprint density at radius 2 is 1.75 bits per heavy atom. The Labute approximate surface area is 178 Å². The summed E-state index contributed by atoms with van der Waals surface area (Å²) in [6.07, 6.45) is 1.05. The van der Waals surface area contributed by atoms with Crippen LogP contribution in [0.4, 0.5) is 0 Å². The zero-order chi connectivity index (χ0) is 19.4. The second-order valence-electron chi connectivity index (χ2n) is 7.04. The van der Waals surface area contributed by atoms with Gasteiger partial charge in [-0.25, -0.2) is 0 Å². The lowest BCUT2D eigenvalue weighted by atomic mass is 10.0. The van der Waals surface area contributed by atoms with Gasteiger partial charge >= 0.3 is 0 Å². The zero-order valence-electron chi connectivity index (χ0n) is 17.2. The minimum atomic E-state index is 0. The molecule has 0 saturated heterocycles. The van der Waals surface area contributed by atoms with E-state index in [2.05, 4.69) is 73.3 Å². The molecule has 0 radical (unpaired) electrons. The Kier molecular flexibility index (Phi) is 7.98. The van der Waals surface area contributed by atoms with Gasteiger partial charge in [0, 0.05) is 23.6 Å². The summed E-state index contributed by atoms with van der Waals surface area (Å²) < 4.78 is 10.5. The SMILES string of the molecule is CCN(C)CCc1cc(C)c(Oc2nc(-c3ccc(C)cc3)ns2)cc1C.Cl. The van der Waals surface area contributed by atoms with Crippen LogP contribution in [-0.4, -0.2) is 34.4 Å². The molecule has 0 aliphatic carbocycles. The van der Waals surface area contributed by atoms with Crippen LogP contribution in [0, 0.1) is 20.8 Å². The van der Waals surface area contributed by atoms with Crippen molar-refractivity contribution in [2.24, 2.45) is 0 Å². The lowest BCUT2D eigenvalue weighted by Crippen LogP contribution is -2.20. The van der Waals surface area contributed by atoms with Gasteiger partial charge in [0.2, 0.25) is 0 Å². The molecule has 150 valence electrons. The normalized spacial score (nSPS) is 10.8. The van der Waals surface area contributed by atoms with Gasteiger partial charge in [0.05, 0.1) is 0 Å². The monoisotopic (exact) mass is 417 g/mol. The molecule has 28 heavy (non-hydrogen) atoms. The molecule has 4 nitrogen and oxygen atoms in total. The molecule has 1 aromatic heterocycles. The maximum absolute atomic E-state index is 6.05. The van der Waals surface area contributed by atoms with E-state index in [9.17, 15) is 0 Å². The third kappa shape index (κ3) is 5.53. The lowest BCUT2D eigenvalue weighted by molar-refractivity contribution is 0.357. The van der Waals surface area contributed by atoms with Gasteiger partial charge in [-0.3, -0.25) is 0 Å². The minimum Gasteiger partial charge on any atom is -0.430 e. The maximum Gasteiger partial charge on any atom is 0.299 e. The Bertz CT molecular complexity index is 909. The first-order chi connectivity index (χ1) is 13.0. The standard InChI is InChI=1S/C22H27N3OS.ClH/c1-6-25(5)12-11-19-13-17(4)20(14-16(19)3)26-22-23-21(24-27-22)18-9-7-15(2)8-10-18;/h7-10,13-14H,6,11-12H2,1-5H3;1H. The second kappa shape index (κ2) is 10.0. The van der Waals surface area contributed by atoms with Crippen LogP contribution in [0.25, 0.3) is 11.4 Å². The number of ether oxygens (including phenoxy) is 1. The molecule has 6 heteroatoms. The third-order valence-electron chi connectivity index (χ3n) is 4.85. The Morgan fingerprint density at radius 3 is 2.43 bits per heavy atom. The Hall–Kier alpha value is -1.95. The largest absolute Gasteiger partial charge is 0.430 e. The molecular formula is C22H28ClN3OS. The van der Waals surface area contributed by atoms with Crippen molar-refractivity contribution in [2.75, 3.05) is 20.1 Å². The highest BCUT2D eigenvalue weighted by Crippen LogP contribution is 2.31. The van der Waals surface area contributed by atoms with Gasteiger partial charge < -0.3 is 9.64 Å². The van der Waals surface area contributed by atoms with Gasteiger partial charge in [0.1, 0.15) is 5.75 Å². The second-order valence-corrected chi connectivity index (χ2v) is 7.76. The van der Waals surface area contributed by atoms with Crippen molar-refractivity contribution in [2.45, 2.75) is 34.1 Å². The van der Waals surface area contributed by atoms with Crippen LogP contribution in [0.5, 0.6) is 10.9 Å². The molecule has 0 saturated carbocycles. The number of rotatable bonds is 7. The summed E-state index contributed by atoms with van der Waals surface area (Å²) in [5.41, 5.74) is 5.99. The number of aromatic nitrogens is 2. The van der Waals surface area contributed by atoms with Gasteiger partial charge in [0.15, 0.2) is 5.82 Å². The van der Waals surface area contributed by atoms with Crippen molar-refractivity contribution >= 4 is 23.9 Å². The number of benzene rings is 2. The highest BCUT2D eigenvalue weighted by Gasteiger charge is 2.12. The van der Waals surface area contributed by atoms with Gasteiger partial charge in [-0.2, -0.15) is 9.36 Å². The first-order valence-electron chi connectivity index (χ1n) is 9.33. The van der Waals surface area contributed by atoms with Crippen molar-refractivity contribution in [3.8, 4) is 22.3 Å². The summed E-state index contributed by atoms with van der Waals surface area (Å²) in [5, 5.41) is 0.576. The molecule has 0 amide bonds. The van der Waals surface area contributed by atoms with Crippen molar-refractivity contribution in [1.82, 2.24) is 14.3 Å². The lowest BCUT2D eigenvalue weighted by Gasteiger charge is -2.16. The number of aryl methyl sites for hydroxylation is 3. The maximum atomic E-state index is 6.05. The molecular weight excluding hydrogens is 390 g/mol. The summed E-state index contributed by atoms with van der Waals surface area (Å²) in [7, 11) is 2.15. The first kappa shape index (κ1) is 22.3. The molecule has 0 fully saturated rings. The molecule has 0 bridgehead atoms. The number of likely N-dealkylation sites (N-methyl/N-ethyl adjacent to an activating group) is 1. The highest BCUT2D eigenvalue weighted by atomic mass is 35.5. The fourth-order valence-corrected chi connectivity index (χ4v) is 3.43. The molecule has 2 aromatic carbocycles. The summed E-state index contributed by atoms with van der Waals surface area (Å²) in [5.74, 6) is 1.57. The number of halogens is 1. The van der Waals surface area contributed by atoms with Gasteiger partial charge in [-0.05, 0) is 63.5 Å². The summed E-state index contributed by atoms with van der Waals surface area (Å²) in [6, 6.07) is 12.6. The van der Waals surface area contributed by atoms with Crippen LogP contribution in [0.2, 0.25) is 0 Å².